The predicted octanol–water partition coefficient (Wildman–Crippen LogP) is 3.65. The highest BCUT2D eigenvalue weighted by molar-refractivity contribution is 8.00. The van der Waals surface area contributed by atoms with Crippen LogP contribution in [0.2, 0.25) is 0 Å². The molecule has 0 saturated carbocycles. The summed E-state index contributed by atoms with van der Waals surface area (Å²) < 4.78 is 0.281. The van der Waals surface area contributed by atoms with E-state index in [9.17, 15) is 0 Å². The lowest BCUT2D eigenvalue weighted by Crippen LogP contribution is -2.32. The Hall–Kier alpha value is -0.740. The van der Waals surface area contributed by atoms with Gasteiger partial charge < -0.3 is 11.1 Å². The van der Waals surface area contributed by atoms with Crippen LogP contribution in [0.5, 0.6) is 0 Å². The van der Waals surface area contributed by atoms with E-state index in [-0.39, 0.29) is 4.75 Å². The maximum absolute atomic E-state index is 5.74. The van der Waals surface area contributed by atoms with E-state index in [2.05, 4.69) is 25.4 Å². The summed E-state index contributed by atoms with van der Waals surface area (Å²) in [5.74, 6) is 0. The quantitative estimate of drug-likeness (QED) is 0.749. The van der Waals surface area contributed by atoms with Gasteiger partial charge in [0.05, 0.1) is 0 Å². The molecule has 0 saturated heterocycles. The highest BCUT2D eigenvalue weighted by atomic mass is 32.2. The first-order valence-corrected chi connectivity index (χ1v) is 7.89. The molecule has 1 aromatic rings. The summed E-state index contributed by atoms with van der Waals surface area (Å²) in [7, 11) is 0. The van der Waals surface area contributed by atoms with E-state index in [1.54, 1.807) is 0 Å². The van der Waals surface area contributed by atoms with Gasteiger partial charge in [-0.3, -0.25) is 0 Å². The number of benzene rings is 1. The number of rotatable bonds is 7. The topological polar surface area (TPSA) is 38.0 Å². The second kappa shape index (κ2) is 7.00. The van der Waals surface area contributed by atoms with Crippen LogP contribution < -0.4 is 11.1 Å². The number of hydrogen-bond acceptors (Lipinski definition) is 3. The lowest BCUT2D eigenvalue weighted by Gasteiger charge is -2.30. The van der Waals surface area contributed by atoms with Crippen LogP contribution >= 0.6 is 24.0 Å². The van der Waals surface area contributed by atoms with Crippen molar-refractivity contribution in [2.45, 2.75) is 31.4 Å². The fraction of sp³-hybridized carbons (Fsp3) is 0.500. The minimum Gasteiger partial charge on any atom is -0.389 e. The molecule has 100 valence electrons. The third-order valence-electron chi connectivity index (χ3n) is 3.52. The maximum atomic E-state index is 5.74. The molecule has 3 N–H and O–H groups in total. The molecule has 0 heterocycles. The van der Waals surface area contributed by atoms with Crippen LogP contribution in [0.15, 0.2) is 24.3 Å². The molecule has 0 aliphatic heterocycles. The molecule has 0 aliphatic rings. The molecular formula is C14H22N2S2. The van der Waals surface area contributed by atoms with E-state index in [0.29, 0.717) is 4.99 Å². The number of nitrogens with one attached hydrogen (secondary N) is 1. The Labute approximate surface area is 120 Å². The van der Waals surface area contributed by atoms with Crippen molar-refractivity contribution in [3.63, 3.8) is 0 Å². The van der Waals surface area contributed by atoms with Crippen LogP contribution in [-0.2, 0) is 0 Å². The second-order valence-corrected chi connectivity index (χ2v) is 6.07. The number of anilines is 1. The SMILES string of the molecule is CCC(CC)(CNc1ccccc1C(N)=S)SC. The van der Waals surface area contributed by atoms with Gasteiger partial charge in [0.1, 0.15) is 4.99 Å². The maximum Gasteiger partial charge on any atom is 0.106 e. The van der Waals surface area contributed by atoms with Gasteiger partial charge in [0.25, 0.3) is 0 Å². The molecule has 0 aliphatic carbocycles. The van der Waals surface area contributed by atoms with Gasteiger partial charge in [-0.15, -0.1) is 0 Å². The van der Waals surface area contributed by atoms with Crippen molar-refractivity contribution >= 4 is 34.7 Å². The molecule has 0 atom stereocenters. The Morgan fingerprint density at radius 2 is 1.94 bits per heavy atom. The van der Waals surface area contributed by atoms with Crippen molar-refractivity contribution in [3.05, 3.63) is 29.8 Å². The Morgan fingerprint density at radius 1 is 1.33 bits per heavy atom. The van der Waals surface area contributed by atoms with Crippen molar-refractivity contribution in [2.75, 3.05) is 18.1 Å². The normalized spacial score (nSPS) is 11.3. The van der Waals surface area contributed by atoms with Crippen molar-refractivity contribution < 1.29 is 0 Å². The molecule has 0 spiro atoms. The van der Waals surface area contributed by atoms with Gasteiger partial charge in [0.2, 0.25) is 0 Å². The first kappa shape index (κ1) is 15.3. The molecule has 4 heteroatoms. The van der Waals surface area contributed by atoms with Gasteiger partial charge in [-0.2, -0.15) is 11.8 Å². The van der Waals surface area contributed by atoms with E-state index in [1.165, 1.54) is 0 Å². The summed E-state index contributed by atoms with van der Waals surface area (Å²) in [6, 6.07) is 7.96. The number of thiocarbonyl (C=S) groups is 1. The predicted molar refractivity (Wildman–Crippen MR) is 87.6 cm³/mol. The highest BCUT2D eigenvalue weighted by Crippen LogP contribution is 2.31. The van der Waals surface area contributed by atoms with Crippen LogP contribution in [-0.4, -0.2) is 22.5 Å². The van der Waals surface area contributed by atoms with Gasteiger partial charge in [0.15, 0.2) is 0 Å². The van der Waals surface area contributed by atoms with Crippen molar-refractivity contribution in [2.24, 2.45) is 5.73 Å². The third kappa shape index (κ3) is 3.62. The van der Waals surface area contributed by atoms with E-state index in [4.69, 9.17) is 18.0 Å². The minimum atomic E-state index is 0.281. The van der Waals surface area contributed by atoms with E-state index in [1.807, 2.05) is 36.0 Å². The van der Waals surface area contributed by atoms with Gasteiger partial charge in [-0.1, -0.05) is 38.2 Å². The smallest absolute Gasteiger partial charge is 0.106 e. The molecule has 0 amide bonds. The molecule has 1 rings (SSSR count). The first-order chi connectivity index (χ1) is 8.58. The summed E-state index contributed by atoms with van der Waals surface area (Å²) in [6.45, 7) is 5.41. The number of hydrogen-bond donors (Lipinski definition) is 2. The highest BCUT2D eigenvalue weighted by Gasteiger charge is 2.24. The molecule has 0 unspecified atom stereocenters. The largest absolute Gasteiger partial charge is 0.389 e. The van der Waals surface area contributed by atoms with Crippen LogP contribution in [0.3, 0.4) is 0 Å². The zero-order valence-electron chi connectivity index (χ0n) is 11.3. The van der Waals surface area contributed by atoms with Gasteiger partial charge in [0, 0.05) is 22.5 Å². The van der Waals surface area contributed by atoms with Gasteiger partial charge in [-0.05, 0) is 31.2 Å². The Kier molecular flexibility index (Phi) is 5.96. The third-order valence-corrected chi connectivity index (χ3v) is 5.32. The van der Waals surface area contributed by atoms with Crippen LogP contribution in [0, 0.1) is 0 Å². The minimum absolute atomic E-state index is 0.281. The Balaban J connectivity index is 2.83. The standard InChI is InChI=1S/C14H22N2S2/c1-4-14(5-2,18-3)10-16-12-9-7-6-8-11(12)13(15)17/h6-9,16H,4-5,10H2,1-3H3,(H2,15,17). The van der Waals surface area contributed by atoms with Gasteiger partial charge in [-0.25, -0.2) is 0 Å². The molecule has 0 fully saturated rings. The monoisotopic (exact) mass is 282 g/mol. The fourth-order valence-electron chi connectivity index (χ4n) is 1.97. The van der Waals surface area contributed by atoms with Crippen LogP contribution in [0.1, 0.15) is 32.3 Å². The van der Waals surface area contributed by atoms with E-state index in [0.717, 1.165) is 30.6 Å². The van der Waals surface area contributed by atoms with Gasteiger partial charge >= 0.3 is 0 Å². The van der Waals surface area contributed by atoms with Crippen LogP contribution in [0.25, 0.3) is 0 Å². The number of thioether (sulfide) groups is 1. The zero-order valence-corrected chi connectivity index (χ0v) is 13.0. The second-order valence-electron chi connectivity index (χ2n) is 4.36. The lowest BCUT2D eigenvalue weighted by molar-refractivity contribution is 0.575. The molecule has 0 aromatic heterocycles. The average molecular weight is 282 g/mol. The molecule has 18 heavy (non-hydrogen) atoms. The van der Waals surface area contributed by atoms with E-state index < -0.39 is 0 Å². The first-order valence-electron chi connectivity index (χ1n) is 6.26. The summed E-state index contributed by atoms with van der Waals surface area (Å²) in [5.41, 5.74) is 7.70. The zero-order chi connectivity index (χ0) is 13.6. The summed E-state index contributed by atoms with van der Waals surface area (Å²) in [4.78, 5) is 0.445. The molecular weight excluding hydrogens is 260 g/mol. The number of nitrogens with two attached hydrogens (primary N) is 1. The lowest BCUT2D eigenvalue weighted by atomic mass is 10.0. The summed E-state index contributed by atoms with van der Waals surface area (Å²) in [5, 5.41) is 3.50. The van der Waals surface area contributed by atoms with E-state index >= 15 is 0 Å². The molecule has 0 radical (unpaired) electrons. The fourth-order valence-corrected chi connectivity index (χ4v) is 2.94. The molecule has 1 aromatic carbocycles. The molecule has 2 nitrogen and oxygen atoms in total. The average Bonchev–Trinajstić information content (AvgIpc) is 2.41. The van der Waals surface area contributed by atoms with Crippen molar-refractivity contribution in [3.8, 4) is 0 Å². The summed E-state index contributed by atoms with van der Waals surface area (Å²) in [6.07, 6.45) is 4.47. The van der Waals surface area contributed by atoms with Crippen LogP contribution in [0.4, 0.5) is 5.69 Å². The van der Waals surface area contributed by atoms with Crippen molar-refractivity contribution in [1.29, 1.82) is 0 Å². The Bertz CT molecular complexity index is 392. The van der Waals surface area contributed by atoms with Crippen molar-refractivity contribution in [1.82, 2.24) is 0 Å². The summed E-state index contributed by atoms with van der Waals surface area (Å²) >= 11 is 7.00. The number of para-hydroxylation sites is 1. The molecule has 0 bridgehead atoms. The Morgan fingerprint density at radius 3 is 2.44 bits per heavy atom.